The van der Waals surface area contributed by atoms with Crippen LogP contribution in [0.3, 0.4) is 0 Å². The number of aliphatic imine (C=N–C) groups is 1. The molecule has 0 radical (unpaired) electrons. The number of amidine groups is 1. The van der Waals surface area contributed by atoms with Gasteiger partial charge in [0.1, 0.15) is 6.61 Å². The summed E-state index contributed by atoms with van der Waals surface area (Å²) in [6, 6.07) is 18.6. The van der Waals surface area contributed by atoms with Crippen molar-refractivity contribution in [3.05, 3.63) is 91.2 Å². The Morgan fingerprint density at radius 1 is 1.09 bits per heavy atom. The van der Waals surface area contributed by atoms with Gasteiger partial charge in [0.15, 0.2) is 16.7 Å². The van der Waals surface area contributed by atoms with Crippen LogP contribution in [0.2, 0.25) is 10.0 Å². The summed E-state index contributed by atoms with van der Waals surface area (Å²) in [6.45, 7) is 2.79. The maximum atomic E-state index is 12.5. The number of carbonyl (C=O) groups excluding carboxylic acids is 1. The Morgan fingerprint density at radius 2 is 1.88 bits per heavy atom. The summed E-state index contributed by atoms with van der Waals surface area (Å²) in [5.74, 6) is 0.942. The van der Waals surface area contributed by atoms with Crippen LogP contribution in [0.15, 0.2) is 75.0 Å². The molecular formula is C25H19BrCl2N2O3S. The van der Waals surface area contributed by atoms with Crippen molar-refractivity contribution < 1.29 is 14.3 Å². The largest absolute Gasteiger partial charge is 0.490 e. The Morgan fingerprint density at radius 3 is 2.65 bits per heavy atom. The first-order valence-corrected chi connectivity index (χ1v) is 12.7. The third kappa shape index (κ3) is 6.16. The average Bonchev–Trinajstić information content (AvgIpc) is 3.15. The van der Waals surface area contributed by atoms with Crippen molar-refractivity contribution in [2.45, 2.75) is 13.5 Å². The fourth-order valence-corrected chi connectivity index (χ4v) is 4.85. The SMILES string of the molecule is CCOc1cc(/C=C2/SC(=Nc3cc(Cl)ccc3Cl)NC2=O)cc(Br)c1OCc1ccccc1. The predicted octanol–water partition coefficient (Wildman–Crippen LogP) is 7.63. The number of hydrogen-bond acceptors (Lipinski definition) is 5. The van der Waals surface area contributed by atoms with Crippen LogP contribution in [0.25, 0.3) is 6.08 Å². The molecule has 0 aromatic heterocycles. The quantitative estimate of drug-likeness (QED) is 0.293. The number of nitrogens with zero attached hydrogens (tertiary/aromatic N) is 1. The molecule has 34 heavy (non-hydrogen) atoms. The van der Waals surface area contributed by atoms with Gasteiger partial charge in [-0.3, -0.25) is 4.79 Å². The molecule has 1 saturated heterocycles. The second-order valence-electron chi connectivity index (χ2n) is 7.11. The highest BCUT2D eigenvalue weighted by molar-refractivity contribution is 9.10. The first-order chi connectivity index (χ1) is 16.4. The van der Waals surface area contributed by atoms with Crippen LogP contribution in [0.5, 0.6) is 11.5 Å². The molecule has 0 unspecified atom stereocenters. The number of thioether (sulfide) groups is 1. The highest BCUT2D eigenvalue weighted by Gasteiger charge is 2.24. The van der Waals surface area contributed by atoms with Gasteiger partial charge >= 0.3 is 0 Å². The van der Waals surface area contributed by atoms with Crippen molar-refractivity contribution in [3.63, 3.8) is 0 Å². The third-order valence-electron chi connectivity index (χ3n) is 4.64. The first kappa shape index (κ1) is 24.7. The van der Waals surface area contributed by atoms with Crippen LogP contribution >= 0.6 is 50.9 Å². The summed E-state index contributed by atoms with van der Waals surface area (Å²) in [5.41, 5.74) is 2.32. The van der Waals surface area contributed by atoms with Gasteiger partial charge in [-0.15, -0.1) is 0 Å². The van der Waals surface area contributed by atoms with E-state index < -0.39 is 0 Å². The number of hydrogen-bond donors (Lipinski definition) is 1. The van der Waals surface area contributed by atoms with Gasteiger partial charge < -0.3 is 14.8 Å². The Hall–Kier alpha value is -2.45. The number of halogens is 3. The van der Waals surface area contributed by atoms with Crippen molar-refractivity contribution in [1.29, 1.82) is 0 Å². The monoisotopic (exact) mass is 576 g/mol. The van der Waals surface area contributed by atoms with Crippen molar-refractivity contribution in [3.8, 4) is 11.5 Å². The summed E-state index contributed by atoms with van der Waals surface area (Å²) in [4.78, 5) is 17.5. The first-order valence-electron chi connectivity index (χ1n) is 10.3. The molecule has 1 fully saturated rings. The Balaban J connectivity index is 1.57. The van der Waals surface area contributed by atoms with E-state index in [9.17, 15) is 4.79 Å². The van der Waals surface area contributed by atoms with Crippen LogP contribution in [0.4, 0.5) is 5.69 Å². The van der Waals surface area contributed by atoms with E-state index >= 15 is 0 Å². The maximum absolute atomic E-state index is 12.5. The minimum Gasteiger partial charge on any atom is -0.490 e. The zero-order chi connectivity index (χ0) is 24.1. The fraction of sp³-hybridized carbons (Fsp3) is 0.120. The number of amides is 1. The lowest BCUT2D eigenvalue weighted by Gasteiger charge is -2.15. The lowest BCUT2D eigenvalue weighted by atomic mass is 10.1. The Labute approximate surface area is 220 Å². The van der Waals surface area contributed by atoms with Gasteiger partial charge in [-0.05, 0) is 82.2 Å². The molecule has 174 valence electrons. The van der Waals surface area contributed by atoms with Crippen molar-refractivity contribution >= 4 is 73.7 Å². The molecule has 3 aromatic rings. The molecule has 3 aromatic carbocycles. The summed E-state index contributed by atoms with van der Waals surface area (Å²) in [7, 11) is 0. The van der Waals surface area contributed by atoms with Crippen molar-refractivity contribution in [2.75, 3.05) is 6.61 Å². The van der Waals surface area contributed by atoms with E-state index in [1.165, 1.54) is 11.8 Å². The van der Waals surface area contributed by atoms with Gasteiger partial charge in [0.25, 0.3) is 5.91 Å². The normalized spacial score (nSPS) is 15.6. The molecule has 1 aliphatic heterocycles. The molecule has 0 saturated carbocycles. The third-order valence-corrected chi connectivity index (χ3v) is 6.69. The van der Waals surface area contributed by atoms with Gasteiger partial charge in [0.05, 0.1) is 26.7 Å². The van der Waals surface area contributed by atoms with Crippen molar-refractivity contribution in [1.82, 2.24) is 5.32 Å². The smallest absolute Gasteiger partial charge is 0.264 e. The number of benzene rings is 3. The van der Waals surface area contributed by atoms with Gasteiger partial charge in [-0.25, -0.2) is 4.99 Å². The van der Waals surface area contributed by atoms with Crippen LogP contribution < -0.4 is 14.8 Å². The van der Waals surface area contributed by atoms with E-state index in [-0.39, 0.29) is 5.91 Å². The Bertz CT molecular complexity index is 1280. The van der Waals surface area contributed by atoms with Gasteiger partial charge in [0, 0.05) is 5.02 Å². The lowest BCUT2D eigenvalue weighted by molar-refractivity contribution is -0.115. The molecule has 0 bridgehead atoms. The molecule has 9 heteroatoms. The highest BCUT2D eigenvalue weighted by Crippen LogP contribution is 2.39. The van der Waals surface area contributed by atoms with Crippen LogP contribution in [-0.2, 0) is 11.4 Å². The number of ether oxygens (including phenoxy) is 2. The van der Waals surface area contributed by atoms with E-state index in [0.29, 0.717) is 50.5 Å². The molecular weight excluding hydrogens is 559 g/mol. The standard InChI is InChI=1S/C25H19BrCl2N2O3S/c1-2-32-21-11-16(10-18(26)23(21)33-14-15-6-4-3-5-7-15)12-22-24(31)30-25(34-22)29-20-13-17(27)8-9-19(20)28/h3-13H,2,14H2,1H3,(H,29,30,31)/b22-12+. The second kappa shape index (κ2) is 11.3. The highest BCUT2D eigenvalue weighted by atomic mass is 79.9. The summed E-state index contributed by atoms with van der Waals surface area (Å²) in [5, 5.41) is 4.14. The molecule has 1 heterocycles. The molecule has 1 aliphatic rings. The van der Waals surface area contributed by atoms with Crippen molar-refractivity contribution in [2.24, 2.45) is 4.99 Å². The minimum atomic E-state index is -0.250. The van der Waals surface area contributed by atoms with Crippen LogP contribution in [0.1, 0.15) is 18.1 Å². The molecule has 1 amide bonds. The van der Waals surface area contributed by atoms with E-state index in [1.54, 1.807) is 24.3 Å². The van der Waals surface area contributed by atoms with E-state index in [1.807, 2.05) is 49.4 Å². The zero-order valence-electron chi connectivity index (χ0n) is 18.0. The maximum Gasteiger partial charge on any atom is 0.264 e. The molecule has 0 aliphatic carbocycles. The Kier molecular flexibility index (Phi) is 8.21. The number of rotatable bonds is 7. The topological polar surface area (TPSA) is 59.9 Å². The van der Waals surface area contributed by atoms with Gasteiger partial charge in [0.2, 0.25) is 0 Å². The van der Waals surface area contributed by atoms with Gasteiger partial charge in [-0.2, -0.15) is 0 Å². The van der Waals surface area contributed by atoms with Crippen LogP contribution in [-0.4, -0.2) is 17.7 Å². The zero-order valence-corrected chi connectivity index (χ0v) is 21.9. The van der Waals surface area contributed by atoms with E-state index in [0.717, 1.165) is 15.6 Å². The lowest BCUT2D eigenvalue weighted by Crippen LogP contribution is -2.19. The molecule has 1 N–H and O–H groups in total. The predicted molar refractivity (Wildman–Crippen MR) is 143 cm³/mol. The fourth-order valence-electron chi connectivity index (χ4n) is 3.12. The van der Waals surface area contributed by atoms with E-state index in [4.69, 9.17) is 32.7 Å². The van der Waals surface area contributed by atoms with E-state index in [2.05, 4.69) is 26.2 Å². The average molecular weight is 578 g/mol. The van der Waals surface area contributed by atoms with Crippen LogP contribution in [0, 0.1) is 0 Å². The number of carbonyl (C=O) groups is 1. The molecule has 4 rings (SSSR count). The summed E-state index contributed by atoms with van der Waals surface area (Å²) >= 11 is 17.0. The molecule has 0 atom stereocenters. The number of nitrogens with one attached hydrogen (secondary N) is 1. The summed E-state index contributed by atoms with van der Waals surface area (Å²) in [6.07, 6.45) is 1.77. The molecule has 5 nitrogen and oxygen atoms in total. The molecule has 0 spiro atoms. The van der Waals surface area contributed by atoms with Gasteiger partial charge in [-0.1, -0.05) is 53.5 Å². The minimum absolute atomic E-state index is 0.250. The second-order valence-corrected chi connectivity index (χ2v) is 9.84. The summed E-state index contributed by atoms with van der Waals surface area (Å²) < 4.78 is 12.6.